The lowest BCUT2D eigenvalue weighted by Gasteiger charge is -2.33. The van der Waals surface area contributed by atoms with Gasteiger partial charge in [0.25, 0.3) is 0 Å². The molecule has 6 heteroatoms. The highest BCUT2D eigenvalue weighted by Gasteiger charge is 2.50. The number of carbonyl (C=O) groups excluding carboxylic acids is 2. The highest BCUT2D eigenvalue weighted by molar-refractivity contribution is 5.85. The van der Waals surface area contributed by atoms with Crippen LogP contribution in [0.3, 0.4) is 0 Å². The molecular formula is C23H27NO5. The topological polar surface area (TPSA) is 65.1 Å². The molecule has 6 nitrogen and oxygen atoms in total. The van der Waals surface area contributed by atoms with Crippen molar-refractivity contribution in [1.29, 1.82) is 0 Å². The van der Waals surface area contributed by atoms with Crippen LogP contribution in [0.4, 0.5) is 4.79 Å². The van der Waals surface area contributed by atoms with Crippen LogP contribution >= 0.6 is 0 Å². The number of amides is 1. The Morgan fingerprint density at radius 1 is 1.03 bits per heavy atom. The molecule has 0 unspecified atom stereocenters. The molecule has 0 radical (unpaired) electrons. The standard InChI is InChI=1S/C23H27NO5/c1-23(2,3)21-24(22(26)28-15-17-8-6-5-7-9-17)19(20(25)29-21)14-16-10-12-18(27-4)13-11-16/h5-13,19,21H,14-15H2,1-4H3/t19-,21-/m0/s1. The summed E-state index contributed by atoms with van der Waals surface area (Å²) in [6.07, 6.45) is -0.907. The molecule has 0 N–H and O–H groups in total. The third-order valence-electron chi connectivity index (χ3n) is 4.83. The molecule has 2 aromatic rings. The Bertz CT molecular complexity index is 842. The molecule has 1 aliphatic rings. The Balaban J connectivity index is 1.80. The van der Waals surface area contributed by atoms with Gasteiger partial charge in [-0.25, -0.2) is 9.59 Å². The van der Waals surface area contributed by atoms with Gasteiger partial charge in [0.15, 0.2) is 6.23 Å². The average Bonchev–Trinajstić information content (AvgIpc) is 3.04. The van der Waals surface area contributed by atoms with Gasteiger partial charge in [-0.15, -0.1) is 0 Å². The maximum atomic E-state index is 13.0. The van der Waals surface area contributed by atoms with E-state index in [1.165, 1.54) is 4.90 Å². The SMILES string of the molecule is COc1ccc(C[C@H]2C(=O)O[C@@H](C(C)(C)C)N2C(=O)OCc2ccccc2)cc1. The number of esters is 1. The second-order valence-corrected chi connectivity index (χ2v) is 8.17. The fraction of sp³-hybridized carbons (Fsp3) is 0.391. The summed E-state index contributed by atoms with van der Waals surface area (Å²) in [6.45, 7) is 5.92. The van der Waals surface area contributed by atoms with Crippen LogP contribution < -0.4 is 4.74 Å². The molecule has 0 spiro atoms. The molecule has 2 atom stereocenters. The van der Waals surface area contributed by atoms with Crippen LogP contribution in [0.15, 0.2) is 54.6 Å². The molecule has 0 aliphatic carbocycles. The van der Waals surface area contributed by atoms with Gasteiger partial charge in [0.05, 0.1) is 7.11 Å². The summed E-state index contributed by atoms with van der Waals surface area (Å²) in [5.74, 6) is 0.312. The van der Waals surface area contributed by atoms with Crippen LogP contribution in [0.25, 0.3) is 0 Å². The number of ether oxygens (including phenoxy) is 3. The Morgan fingerprint density at radius 2 is 1.69 bits per heavy atom. The molecule has 29 heavy (non-hydrogen) atoms. The summed E-state index contributed by atoms with van der Waals surface area (Å²) >= 11 is 0. The molecule has 0 saturated carbocycles. The van der Waals surface area contributed by atoms with Gasteiger partial charge in [0, 0.05) is 11.8 Å². The molecule has 0 aromatic heterocycles. The van der Waals surface area contributed by atoms with E-state index in [9.17, 15) is 9.59 Å². The van der Waals surface area contributed by atoms with Crippen molar-refractivity contribution in [2.75, 3.05) is 7.11 Å². The summed E-state index contributed by atoms with van der Waals surface area (Å²) in [6, 6.07) is 16.1. The molecule has 2 aromatic carbocycles. The fourth-order valence-electron chi connectivity index (χ4n) is 3.30. The van der Waals surface area contributed by atoms with Gasteiger partial charge < -0.3 is 14.2 Å². The van der Waals surface area contributed by atoms with Crippen LogP contribution in [0, 0.1) is 5.41 Å². The van der Waals surface area contributed by atoms with E-state index in [0.717, 1.165) is 16.9 Å². The predicted molar refractivity (Wildman–Crippen MR) is 108 cm³/mol. The van der Waals surface area contributed by atoms with Gasteiger partial charge in [-0.3, -0.25) is 4.90 Å². The van der Waals surface area contributed by atoms with E-state index < -0.39 is 29.7 Å². The van der Waals surface area contributed by atoms with E-state index in [4.69, 9.17) is 14.2 Å². The lowest BCUT2D eigenvalue weighted by atomic mass is 9.93. The Hall–Kier alpha value is -3.02. The van der Waals surface area contributed by atoms with Crippen LogP contribution in [0.1, 0.15) is 31.9 Å². The first-order valence-electron chi connectivity index (χ1n) is 9.62. The zero-order valence-electron chi connectivity index (χ0n) is 17.3. The van der Waals surface area contributed by atoms with Gasteiger partial charge in [-0.1, -0.05) is 63.2 Å². The van der Waals surface area contributed by atoms with Crippen LogP contribution in [0.2, 0.25) is 0 Å². The molecule has 1 saturated heterocycles. The number of rotatable bonds is 5. The summed E-state index contributed by atoms with van der Waals surface area (Å²) in [5.41, 5.74) is 1.34. The first-order valence-corrected chi connectivity index (χ1v) is 9.62. The number of benzene rings is 2. The molecule has 154 valence electrons. The monoisotopic (exact) mass is 397 g/mol. The van der Waals surface area contributed by atoms with Crippen molar-refractivity contribution in [2.45, 2.75) is 46.1 Å². The largest absolute Gasteiger partial charge is 0.497 e. The lowest BCUT2D eigenvalue weighted by Crippen LogP contribution is -2.48. The summed E-state index contributed by atoms with van der Waals surface area (Å²) in [5, 5.41) is 0. The fourth-order valence-corrected chi connectivity index (χ4v) is 3.30. The molecule has 1 amide bonds. The van der Waals surface area contributed by atoms with Crippen molar-refractivity contribution in [3.8, 4) is 5.75 Å². The summed E-state index contributed by atoms with van der Waals surface area (Å²) < 4.78 is 16.3. The minimum absolute atomic E-state index is 0.135. The van der Waals surface area contributed by atoms with Gasteiger partial charge in [0.1, 0.15) is 18.4 Å². The van der Waals surface area contributed by atoms with Crippen molar-refractivity contribution in [2.24, 2.45) is 5.41 Å². The number of nitrogens with zero attached hydrogens (tertiary/aromatic N) is 1. The van der Waals surface area contributed by atoms with Crippen LogP contribution in [0.5, 0.6) is 5.75 Å². The number of cyclic esters (lactones) is 1. The maximum absolute atomic E-state index is 13.0. The van der Waals surface area contributed by atoms with Crippen LogP contribution in [-0.4, -0.2) is 36.3 Å². The molecular weight excluding hydrogens is 370 g/mol. The van der Waals surface area contributed by atoms with Gasteiger partial charge in [-0.05, 0) is 23.3 Å². The zero-order chi connectivity index (χ0) is 21.0. The third kappa shape index (κ3) is 4.88. The normalized spacial score (nSPS) is 19.0. The first kappa shape index (κ1) is 20.7. The van der Waals surface area contributed by atoms with E-state index in [0.29, 0.717) is 6.42 Å². The summed E-state index contributed by atoms with van der Waals surface area (Å²) in [4.78, 5) is 27.1. The smallest absolute Gasteiger partial charge is 0.413 e. The number of hydrogen-bond acceptors (Lipinski definition) is 5. The minimum Gasteiger partial charge on any atom is -0.497 e. The van der Waals surface area contributed by atoms with E-state index in [-0.39, 0.29) is 6.61 Å². The van der Waals surface area contributed by atoms with E-state index in [1.807, 2.05) is 75.4 Å². The van der Waals surface area contributed by atoms with Crippen molar-refractivity contribution in [1.82, 2.24) is 4.90 Å². The predicted octanol–water partition coefficient (Wildman–Crippen LogP) is 4.17. The van der Waals surface area contributed by atoms with Gasteiger partial charge in [-0.2, -0.15) is 0 Å². The van der Waals surface area contributed by atoms with E-state index in [1.54, 1.807) is 7.11 Å². The number of carbonyl (C=O) groups is 2. The number of hydrogen-bond donors (Lipinski definition) is 0. The van der Waals surface area contributed by atoms with Crippen molar-refractivity contribution < 1.29 is 23.8 Å². The van der Waals surface area contributed by atoms with Crippen molar-refractivity contribution in [3.05, 3.63) is 65.7 Å². The molecule has 3 rings (SSSR count). The molecule has 1 fully saturated rings. The van der Waals surface area contributed by atoms with E-state index >= 15 is 0 Å². The molecule has 0 bridgehead atoms. The molecule has 1 heterocycles. The van der Waals surface area contributed by atoms with Crippen molar-refractivity contribution in [3.63, 3.8) is 0 Å². The van der Waals surface area contributed by atoms with E-state index in [2.05, 4.69) is 0 Å². The third-order valence-corrected chi connectivity index (χ3v) is 4.83. The van der Waals surface area contributed by atoms with Gasteiger partial charge >= 0.3 is 12.1 Å². The first-order chi connectivity index (χ1) is 13.8. The van der Waals surface area contributed by atoms with Crippen molar-refractivity contribution >= 4 is 12.1 Å². The minimum atomic E-state index is -0.740. The van der Waals surface area contributed by atoms with Crippen LogP contribution in [-0.2, 0) is 27.3 Å². The highest BCUT2D eigenvalue weighted by Crippen LogP contribution is 2.34. The Labute approximate surface area is 171 Å². The zero-order valence-corrected chi connectivity index (χ0v) is 17.3. The second-order valence-electron chi connectivity index (χ2n) is 8.17. The average molecular weight is 397 g/mol. The quantitative estimate of drug-likeness (QED) is 0.709. The second kappa shape index (κ2) is 8.55. The maximum Gasteiger partial charge on any atom is 0.413 e. The van der Waals surface area contributed by atoms with Gasteiger partial charge in [0.2, 0.25) is 0 Å². The lowest BCUT2D eigenvalue weighted by molar-refractivity contribution is -0.147. The molecule has 1 aliphatic heterocycles. The Morgan fingerprint density at radius 3 is 2.28 bits per heavy atom. The highest BCUT2D eigenvalue weighted by atomic mass is 16.6. The number of methoxy groups -OCH3 is 1. The summed E-state index contributed by atoms with van der Waals surface area (Å²) in [7, 11) is 1.60. The Kier molecular flexibility index (Phi) is 6.11.